The van der Waals surface area contributed by atoms with E-state index in [1.165, 1.54) is 25.7 Å². The van der Waals surface area contributed by atoms with Crippen molar-refractivity contribution in [2.45, 2.75) is 45.1 Å². The summed E-state index contributed by atoms with van der Waals surface area (Å²) in [5.41, 5.74) is 6.99. The lowest BCUT2D eigenvalue weighted by Gasteiger charge is -2.08. The van der Waals surface area contributed by atoms with Gasteiger partial charge in [-0.3, -0.25) is 0 Å². The smallest absolute Gasteiger partial charge is 0.127 e. The molecule has 0 spiro atoms. The molecule has 3 nitrogen and oxygen atoms in total. The Morgan fingerprint density at radius 1 is 1.28 bits per heavy atom. The second-order valence-electron chi connectivity index (χ2n) is 4.88. The van der Waals surface area contributed by atoms with Crippen LogP contribution in [0, 0.1) is 0 Å². The van der Waals surface area contributed by atoms with Crippen molar-refractivity contribution in [1.82, 2.24) is 0 Å². The van der Waals surface area contributed by atoms with Gasteiger partial charge in [-0.15, -0.1) is 0 Å². The highest BCUT2D eigenvalue weighted by Gasteiger charge is 2.20. The van der Waals surface area contributed by atoms with Crippen LogP contribution in [-0.2, 0) is 0 Å². The van der Waals surface area contributed by atoms with Crippen molar-refractivity contribution < 1.29 is 9.47 Å². The van der Waals surface area contributed by atoms with Gasteiger partial charge in [0, 0.05) is 11.6 Å². The van der Waals surface area contributed by atoms with Crippen LogP contribution in [0.4, 0.5) is 0 Å². The number of hydrogen-bond acceptors (Lipinski definition) is 3. The van der Waals surface area contributed by atoms with E-state index in [-0.39, 0.29) is 6.04 Å². The van der Waals surface area contributed by atoms with E-state index in [9.17, 15) is 0 Å². The molecule has 3 heteroatoms. The van der Waals surface area contributed by atoms with Crippen molar-refractivity contribution in [3.05, 3.63) is 23.8 Å². The summed E-state index contributed by atoms with van der Waals surface area (Å²) in [6, 6.07) is 5.97. The molecule has 0 amide bonds. The van der Waals surface area contributed by atoms with E-state index >= 15 is 0 Å². The standard InChI is InChI=1S/C15H23NO2/c1-2-3-4-5-6-9-17-12-7-8-13-14(16)11-18-15(13)10-12/h7-8,10,14H,2-6,9,11,16H2,1H3. The van der Waals surface area contributed by atoms with Crippen LogP contribution >= 0.6 is 0 Å². The Morgan fingerprint density at radius 3 is 2.94 bits per heavy atom. The maximum atomic E-state index is 5.90. The highest BCUT2D eigenvalue weighted by Crippen LogP contribution is 2.33. The molecule has 0 radical (unpaired) electrons. The van der Waals surface area contributed by atoms with Crippen molar-refractivity contribution in [1.29, 1.82) is 0 Å². The number of fused-ring (bicyclic) bond motifs is 1. The molecule has 0 aromatic heterocycles. The molecule has 0 saturated carbocycles. The van der Waals surface area contributed by atoms with Gasteiger partial charge in [-0.1, -0.05) is 32.6 Å². The molecule has 0 fully saturated rings. The molecule has 100 valence electrons. The summed E-state index contributed by atoms with van der Waals surface area (Å²) in [4.78, 5) is 0. The third-order valence-corrected chi connectivity index (χ3v) is 3.32. The molecule has 1 aliphatic heterocycles. The molecular weight excluding hydrogens is 226 g/mol. The van der Waals surface area contributed by atoms with Gasteiger partial charge in [-0.2, -0.15) is 0 Å². The first-order valence-corrected chi connectivity index (χ1v) is 6.96. The van der Waals surface area contributed by atoms with Crippen LogP contribution in [0.3, 0.4) is 0 Å². The van der Waals surface area contributed by atoms with E-state index < -0.39 is 0 Å². The highest BCUT2D eigenvalue weighted by atomic mass is 16.5. The molecule has 0 saturated heterocycles. The van der Waals surface area contributed by atoms with Crippen molar-refractivity contribution in [3.63, 3.8) is 0 Å². The first-order chi connectivity index (χ1) is 8.81. The highest BCUT2D eigenvalue weighted by molar-refractivity contribution is 5.44. The molecule has 1 aromatic rings. The fourth-order valence-corrected chi connectivity index (χ4v) is 2.20. The van der Waals surface area contributed by atoms with E-state index in [2.05, 4.69) is 6.92 Å². The maximum absolute atomic E-state index is 5.90. The quantitative estimate of drug-likeness (QED) is 0.753. The molecule has 1 unspecified atom stereocenters. The Labute approximate surface area is 109 Å². The first kappa shape index (κ1) is 13.2. The normalized spacial score (nSPS) is 17.3. The maximum Gasteiger partial charge on any atom is 0.127 e. The number of rotatable bonds is 7. The average Bonchev–Trinajstić information content (AvgIpc) is 2.75. The topological polar surface area (TPSA) is 44.5 Å². The van der Waals surface area contributed by atoms with Gasteiger partial charge in [0.1, 0.15) is 18.1 Å². The molecule has 1 atom stereocenters. The zero-order chi connectivity index (χ0) is 12.8. The number of hydrogen-bond donors (Lipinski definition) is 1. The van der Waals surface area contributed by atoms with Crippen LogP contribution < -0.4 is 15.2 Å². The summed E-state index contributed by atoms with van der Waals surface area (Å²) in [6.45, 7) is 3.59. The minimum absolute atomic E-state index is 0.0168. The Balaban J connectivity index is 1.74. The average molecular weight is 249 g/mol. The van der Waals surface area contributed by atoms with Crippen LogP contribution in [0.15, 0.2) is 18.2 Å². The van der Waals surface area contributed by atoms with Crippen molar-refractivity contribution in [2.75, 3.05) is 13.2 Å². The van der Waals surface area contributed by atoms with E-state index in [0.717, 1.165) is 30.1 Å². The summed E-state index contributed by atoms with van der Waals surface area (Å²) in [5.74, 6) is 1.77. The van der Waals surface area contributed by atoms with Gasteiger partial charge in [0.15, 0.2) is 0 Å². The van der Waals surface area contributed by atoms with E-state index in [1.54, 1.807) is 0 Å². The number of ether oxygens (including phenoxy) is 2. The van der Waals surface area contributed by atoms with Crippen LogP contribution in [0.1, 0.15) is 50.6 Å². The molecule has 1 aromatic carbocycles. The molecule has 1 aliphatic rings. The van der Waals surface area contributed by atoms with Crippen LogP contribution in [0.25, 0.3) is 0 Å². The summed E-state index contributed by atoms with van der Waals surface area (Å²) >= 11 is 0. The van der Waals surface area contributed by atoms with E-state index in [0.29, 0.717) is 6.61 Å². The first-order valence-electron chi connectivity index (χ1n) is 6.96. The van der Waals surface area contributed by atoms with E-state index in [4.69, 9.17) is 15.2 Å². The van der Waals surface area contributed by atoms with Gasteiger partial charge < -0.3 is 15.2 Å². The monoisotopic (exact) mass is 249 g/mol. The van der Waals surface area contributed by atoms with Crippen molar-refractivity contribution >= 4 is 0 Å². The Morgan fingerprint density at radius 2 is 2.11 bits per heavy atom. The summed E-state index contributed by atoms with van der Waals surface area (Å²) in [6.07, 6.45) is 6.29. The Kier molecular flexibility index (Phi) is 4.88. The number of unbranched alkanes of at least 4 members (excludes halogenated alkanes) is 4. The van der Waals surface area contributed by atoms with Crippen LogP contribution in [0.5, 0.6) is 11.5 Å². The zero-order valence-corrected chi connectivity index (χ0v) is 11.2. The molecule has 18 heavy (non-hydrogen) atoms. The zero-order valence-electron chi connectivity index (χ0n) is 11.2. The molecular formula is C15H23NO2. The Bertz CT molecular complexity index is 379. The third kappa shape index (κ3) is 3.39. The molecule has 0 aliphatic carbocycles. The summed E-state index contributed by atoms with van der Waals surface area (Å²) in [7, 11) is 0. The predicted octanol–water partition coefficient (Wildman–Crippen LogP) is 3.43. The lowest BCUT2D eigenvalue weighted by Crippen LogP contribution is -2.10. The lowest BCUT2D eigenvalue weighted by atomic mass is 10.1. The SMILES string of the molecule is CCCCCCCOc1ccc2c(c1)OCC2N. The van der Waals surface area contributed by atoms with Gasteiger partial charge in [0.05, 0.1) is 12.6 Å². The van der Waals surface area contributed by atoms with Crippen LogP contribution in [0.2, 0.25) is 0 Å². The van der Waals surface area contributed by atoms with E-state index in [1.807, 2.05) is 18.2 Å². The van der Waals surface area contributed by atoms with Gasteiger partial charge in [-0.25, -0.2) is 0 Å². The number of benzene rings is 1. The fraction of sp³-hybridized carbons (Fsp3) is 0.600. The molecule has 0 bridgehead atoms. The lowest BCUT2D eigenvalue weighted by molar-refractivity contribution is 0.300. The summed E-state index contributed by atoms with van der Waals surface area (Å²) < 4.78 is 11.2. The minimum Gasteiger partial charge on any atom is -0.493 e. The second-order valence-corrected chi connectivity index (χ2v) is 4.88. The fourth-order valence-electron chi connectivity index (χ4n) is 2.20. The Hall–Kier alpha value is -1.22. The van der Waals surface area contributed by atoms with Gasteiger partial charge >= 0.3 is 0 Å². The van der Waals surface area contributed by atoms with Gasteiger partial charge in [-0.05, 0) is 18.6 Å². The molecule has 2 rings (SSSR count). The molecule has 1 heterocycles. The minimum atomic E-state index is 0.0168. The predicted molar refractivity (Wildman–Crippen MR) is 73.1 cm³/mol. The summed E-state index contributed by atoms with van der Waals surface area (Å²) in [5, 5.41) is 0. The van der Waals surface area contributed by atoms with Gasteiger partial charge in [0.2, 0.25) is 0 Å². The van der Waals surface area contributed by atoms with Crippen molar-refractivity contribution in [2.24, 2.45) is 5.73 Å². The second kappa shape index (κ2) is 6.64. The van der Waals surface area contributed by atoms with Crippen molar-refractivity contribution in [3.8, 4) is 11.5 Å². The number of nitrogens with two attached hydrogens (primary N) is 1. The third-order valence-electron chi connectivity index (χ3n) is 3.32. The van der Waals surface area contributed by atoms with Gasteiger partial charge in [0.25, 0.3) is 0 Å². The van der Waals surface area contributed by atoms with Crippen LogP contribution in [-0.4, -0.2) is 13.2 Å². The molecule has 2 N–H and O–H groups in total. The largest absolute Gasteiger partial charge is 0.493 e.